The maximum atomic E-state index is 9.06. The highest BCUT2D eigenvalue weighted by Gasteiger charge is 2.25. The van der Waals surface area contributed by atoms with Crippen LogP contribution in [-0.4, -0.2) is 18.1 Å². The number of benzene rings is 1. The molecule has 5 heteroatoms. The van der Waals surface area contributed by atoms with E-state index in [2.05, 4.69) is 10.3 Å². The molecule has 0 amide bonds. The van der Waals surface area contributed by atoms with Crippen LogP contribution in [0.5, 0.6) is 5.75 Å². The SMILES string of the molecule is COc1ccc(-c2nc(C#N)c(NC3CC3)o2)cc1. The molecule has 1 fully saturated rings. The van der Waals surface area contributed by atoms with Crippen molar-refractivity contribution in [2.45, 2.75) is 18.9 Å². The lowest BCUT2D eigenvalue weighted by Crippen LogP contribution is -2.00. The Kier molecular flexibility index (Phi) is 2.84. The highest BCUT2D eigenvalue weighted by atomic mass is 16.5. The molecule has 96 valence electrons. The first kappa shape index (κ1) is 11.6. The van der Waals surface area contributed by atoms with Gasteiger partial charge in [0.2, 0.25) is 17.5 Å². The zero-order valence-corrected chi connectivity index (χ0v) is 10.5. The van der Waals surface area contributed by atoms with Gasteiger partial charge in [0.15, 0.2) is 0 Å². The van der Waals surface area contributed by atoms with Crippen molar-refractivity contribution in [2.75, 3.05) is 12.4 Å². The van der Waals surface area contributed by atoms with Crippen LogP contribution < -0.4 is 10.1 Å². The van der Waals surface area contributed by atoms with Crippen LogP contribution in [0.1, 0.15) is 18.5 Å². The molecular weight excluding hydrogens is 242 g/mol. The van der Waals surface area contributed by atoms with Gasteiger partial charge in [0.25, 0.3) is 0 Å². The van der Waals surface area contributed by atoms with Gasteiger partial charge in [-0.2, -0.15) is 10.2 Å². The number of rotatable bonds is 4. The summed E-state index contributed by atoms with van der Waals surface area (Å²) < 4.78 is 10.7. The molecule has 3 rings (SSSR count). The predicted molar refractivity (Wildman–Crippen MR) is 69.9 cm³/mol. The first-order valence-electron chi connectivity index (χ1n) is 6.12. The standard InChI is InChI=1S/C14H13N3O2/c1-18-11-6-2-9(3-7-11)13-17-12(8-15)14(19-13)16-10-4-5-10/h2-3,6-7,10,16H,4-5H2,1H3. The minimum Gasteiger partial charge on any atom is -0.497 e. The van der Waals surface area contributed by atoms with Crippen molar-refractivity contribution >= 4 is 5.88 Å². The Balaban J connectivity index is 1.90. The number of oxazole rings is 1. The Morgan fingerprint density at radius 2 is 2.11 bits per heavy atom. The number of anilines is 1. The van der Waals surface area contributed by atoms with E-state index in [-0.39, 0.29) is 0 Å². The fraction of sp³-hybridized carbons (Fsp3) is 0.286. The highest BCUT2D eigenvalue weighted by Crippen LogP contribution is 2.30. The Hall–Kier alpha value is -2.48. The summed E-state index contributed by atoms with van der Waals surface area (Å²) in [5, 5.41) is 12.2. The molecule has 0 bridgehead atoms. The fourth-order valence-corrected chi connectivity index (χ4v) is 1.76. The van der Waals surface area contributed by atoms with E-state index in [0.717, 1.165) is 24.2 Å². The predicted octanol–water partition coefficient (Wildman–Crippen LogP) is 2.80. The average molecular weight is 255 g/mol. The Bertz CT molecular complexity index is 621. The topological polar surface area (TPSA) is 71.1 Å². The Morgan fingerprint density at radius 1 is 1.37 bits per heavy atom. The minimum atomic E-state index is 0.303. The molecule has 19 heavy (non-hydrogen) atoms. The molecule has 0 unspecified atom stereocenters. The molecule has 1 N–H and O–H groups in total. The third-order valence-corrected chi connectivity index (χ3v) is 2.98. The second kappa shape index (κ2) is 4.65. The smallest absolute Gasteiger partial charge is 0.232 e. The van der Waals surface area contributed by atoms with Gasteiger partial charge in [0.05, 0.1) is 7.11 Å². The second-order valence-electron chi connectivity index (χ2n) is 4.46. The zero-order chi connectivity index (χ0) is 13.2. The second-order valence-corrected chi connectivity index (χ2v) is 4.46. The molecule has 1 heterocycles. The van der Waals surface area contributed by atoms with E-state index in [1.165, 1.54) is 0 Å². The van der Waals surface area contributed by atoms with E-state index in [0.29, 0.717) is 23.5 Å². The van der Waals surface area contributed by atoms with E-state index in [4.69, 9.17) is 14.4 Å². The van der Waals surface area contributed by atoms with Crippen LogP contribution in [0.2, 0.25) is 0 Å². The van der Waals surface area contributed by atoms with Crippen molar-refractivity contribution in [3.8, 4) is 23.3 Å². The molecule has 1 aromatic heterocycles. The summed E-state index contributed by atoms with van der Waals surface area (Å²) in [6, 6.07) is 9.84. The molecule has 0 saturated heterocycles. The number of aromatic nitrogens is 1. The lowest BCUT2D eigenvalue weighted by atomic mass is 10.2. The minimum absolute atomic E-state index is 0.303. The van der Waals surface area contributed by atoms with Crippen molar-refractivity contribution in [1.29, 1.82) is 5.26 Å². The van der Waals surface area contributed by atoms with Crippen LogP contribution in [0.15, 0.2) is 28.7 Å². The van der Waals surface area contributed by atoms with E-state index in [9.17, 15) is 0 Å². The number of ether oxygens (including phenoxy) is 1. The summed E-state index contributed by atoms with van der Waals surface area (Å²) in [4.78, 5) is 4.20. The van der Waals surface area contributed by atoms with Gasteiger partial charge < -0.3 is 14.5 Å². The molecule has 0 radical (unpaired) electrons. The molecule has 2 aromatic rings. The quantitative estimate of drug-likeness (QED) is 0.909. The summed E-state index contributed by atoms with van der Waals surface area (Å²) in [5.41, 5.74) is 1.12. The number of nitrogens with one attached hydrogen (secondary N) is 1. The molecule has 0 spiro atoms. The lowest BCUT2D eigenvalue weighted by Gasteiger charge is -2.00. The van der Waals surface area contributed by atoms with Gasteiger partial charge in [-0.05, 0) is 37.1 Å². The van der Waals surface area contributed by atoms with Gasteiger partial charge in [-0.3, -0.25) is 0 Å². The zero-order valence-electron chi connectivity index (χ0n) is 10.5. The number of nitrogens with zero attached hydrogens (tertiary/aromatic N) is 2. The van der Waals surface area contributed by atoms with E-state index in [1.54, 1.807) is 7.11 Å². The van der Waals surface area contributed by atoms with Gasteiger partial charge in [0, 0.05) is 11.6 Å². The van der Waals surface area contributed by atoms with Crippen LogP contribution in [-0.2, 0) is 0 Å². The first-order valence-corrected chi connectivity index (χ1v) is 6.12. The number of hydrogen-bond donors (Lipinski definition) is 1. The molecule has 5 nitrogen and oxygen atoms in total. The van der Waals surface area contributed by atoms with Gasteiger partial charge in [0.1, 0.15) is 11.8 Å². The summed E-state index contributed by atoms with van der Waals surface area (Å²) in [7, 11) is 1.62. The van der Waals surface area contributed by atoms with Crippen LogP contribution in [0, 0.1) is 11.3 Å². The molecule has 1 aliphatic carbocycles. The third-order valence-electron chi connectivity index (χ3n) is 2.98. The maximum absolute atomic E-state index is 9.06. The molecule has 1 aliphatic rings. The number of nitriles is 1. The van der Waals surface area contributed by atoms with E-state index >= 15 is 0 Å². The van der Waals surface area contributed by atoms with Gasteiger partial charge in [-0.15, -0.1) is 0 Å². The summed E-state index contributed by atoms with van der Waals surface area (Å²) >= 11 is 0. The van der Waals surface area contributed by atoms with Gasteiger partial charge in [-0.25, -0.2) is 0 Å². The molecule has 1 aromatic carbocycles. The van der Waals surface area contributed by atoms with Crippen molar-refractivity contribution < 1.29 is 9.15 Å². The van der Waals surface area contributed by atoms with Crippen LogP contribution >= 0.6 is 0 Å². The van der Waals surface area contributed by atoms with E-state index < -0.39 is 0 Å². The Morgan fingerprint density at radius 3 is 2.68 bits per heavy atom. The third kappa shape index (κ3) is 2.38. The van der Waals surface area contributed by atoms with Crippen LogP contribution in [0.4, 0.5) is 5.88 Å². The summed E-state index contributed by atoms with van der Waals surface area (Å²) in [5.74, 6) is 1.69. The fourth-order valence-electron chi connectivity index (χ4n) is 1.76. The monoisotopic (exact) mass is 255 g/mol. The highest BCUT2D eigenvalue weighted by molar-refractivity contribution is 5.60. The van der Waals surface area contributed by atoms with Crippen LogP contribution in [0.3, 0.4) is 0 Å². The Labute approximate surface area is 110 Å². The van der Waals surface area contributed by atoms with Crippen molar-refractivity contribution in [3.63, 3.8) is 0 Å². The van der Waals surface area contributed by atoms with Gasteiger partial charge in [-0.1, -0.05) is 0 Å². The molecule has 1 saturated carbocycles. The first-order chi connectivity index (χ1) is 9.30. The molecular formula is C14H13N3O2. The molecule has 0 atom stereocenters. The largest absolute Gasteiger partial charge is 0.497 e. The summed E-state index contributed by atoms with van der Waals surface area (Å²) in [6.07, 6.45) is 2.23. The summed E-state index contributed by atoms with van der Waals surface area (Å²) in [6.45, 7) is 0. The number of methoxy groups -OCH3 is 1. The maximum Gasteiger partial charge on any atom is 0.232 e. The normalized spacial score (nSPS) is 13.9. The van der Waals surface area contributed by atoms with Crippen molar-refractivity contribution in [2.24, 2.45) is 0 Å². The van der Waals surface area contributed by atoms with Crippen molar-refractivity contribution in [3.05, 3.63) is 30.0 Å². The average Bonchev–Trinajstić information content (AvgIpc) is 3.17. The van der Waals surface area contributed by atoms with Crippen molar-refractivity contribution in [1.82, 2.24) is 4.98 Å². The van der Waals surface area contributed by atoms with Crippen LogP contribution in [0.25, 0.3) is 11.5 Å². The molecule has 0 aliphatic heterocycles. The van der Waals surface area contributed by atoms with E-state index in [1.807, 2.05) is 30.3 Å². The van der Waals surface area contributed by atoms with Gasteiger partial charge >= 0.3 is 0 Å². The lowest BCUT2D eigenvalue weighted by molar-refractivity contribution is 0.415. The number of hydrogen-bond acceptors (Lipinski definition) is 5.